The van der Waals surface area contributed by atoms with Crippen LogP contribution < -0.4 is 15.0 Å². The first kappa shape index (κ1) is 50.4. The molecule has 0 radical (unpaired) electrons. The van der Waals surface area contributed by atoms with E-state index < -0.39 is 43.7 Å². The van der Waals surface area contributed by atoms with Crippen LogP contribution in [0.4, 0.5) is 30.2 Å². The Kier molecular flexibility index (Phi) is 14.7. The monoisotopic (exact) mass is 1000 g/mol. The number of nitro benzene ring substituents is 1. The minimum atomic E-state index is -4.50. The summed E-state index contributed by atoms with van der Waals surface area (Å²) in [6.45, 7) is 12.6. The fourth-order valence-electron chi connectivity index (χ4n) is 9.68. The van der Waals surface area contributed by atoms with Gasteiger partial charge < -0.3 is 24.8 Å². The van der Waals surface area contributed by atoms with Crippen LogP contribution in [0.2, 0.25) is 5.02 Å². The number of nitrogens with one attached hydrogen (secondary N) is 2. The molecule has 2 fully saturated rings. The second-order valence-corrected chi connectivity index (χ2v) is 22.1. The Balaban J connectivity index is 0.990. The summed E-state index contributed by atoms with van der Waals surface area (Å²) in [5.41, 5.74) is 2.95. The number of nitrogens with zero attached hydrogens (tertiary/aromatic N) is 5. The van der Waals surface area contributed by atoms with Gasteiger partial charge in [-0.15, -0.1) is 0 Å². The molecule has 2 aliphatic heterocycles. The van der Waals surface area contributed by atoms with Gasteiger partial charge in [-0.2, -0.15) is 13.2 Å². The number of fused-ring (bicyclic) bond motifs is 1. The lowest BCUT2D eigenvalue weighted by atomic mass is 9.72. The third kappa shape index (κ3) is 11.6. The van der Waals surface area contributed by atoms with Gasteiger partial charge in [0.2, 0.25) is 5.91 Å². The molecule has 2 saturated heterocycles. The van der Waals surface area contributed by atoms with Crippen LogP contribution in [0.15, 0.2) is 89.6 Å². The Hall–Kier alpha value is -5.98. The van der Waals surface area contributed by atoms with Gasteiger partial charge in [-0.3, -0.25) is 24.6 Å². The number of Topliss-reactive ketones (excluding diaryl/α,β-unsaturated/α-hetero) is 1. The van der Waals surface area contributed by atoms with Crippen LogP contribution in [0.1, 0.15) is 81.3 Å². The van der Waals surface area contributed by atoms with Crippen molar-refractivity contribution in [2.45, 2.75) is 70.9 Å². The molecule has 3 aliphatic rings. The molecule has 3 aromatic carbocycles. The maximum atomic E-state index is 14.1. The van der Waals surface area contributed by atoms with E-state index in [1.807, 2.05) is 24.8 Å². The molecule has 5 aromatic rings. The predicted molar refractivity (Wildman–Crippen MR) is 264 cm³/mol. The van der Waals surface area contributed by atoms with E-state index >= 15 is 0 Å². The molecule has 372 valence electrons. The fourth-order valence-corrected chi connectivity index (χ4v) is 11.2. The Morgan fingerprint density at radius 1 is 1.03 bits per heavy atom. The minimum absolute atomic E-state index is 0.00740. The van der Waals surface area contributed by atoms with Crippen LogP contribution in [0.25, 0.3) is 16.6 Å². The number of ketones is 1. The average Bonchev–Trinajstić information content (AvgIpc) is 3.79. The first-order valence-corrected chi connectivity index (χ1v) is 25.5. The number of anilines is 2. The summed E-state index contributed by atoms with van der Waals surface area (Å²) >= 11 is 6.55. The zero-order valence-electron chi connectivity index (χ0n) is 39.6. The number of likely N-dealkylation sites (tertiary alicyclic amines) is 1. The highest BCUT2D eigenvalue weighted by molar-refractivity contribution is 7.92. The quantitative estimate of drug-likeness (QED) is 0.0581. The molecule has 0 saturated carbocycles. The van der Waals surface area contributed by atoms with Gasteiger partial charge in [0.15, 0.2) is 15.6 Å². The smallest absolute Gasteiger partial charge is 0.416 e. The van der Waals surface area contributed by atoms with E-state index in [-0.39, 0.29) is 50.1 Å². The van der Waals surface area contributed by atoms with Crippen molar-refractivity contribution in [3.63, 3.8) is 0 Å². The highest BCUT2D eigenvalue weighted by atomic mass is 35.5. The van der Waals surface area contributed by atoms with Gasteiger partial charge in [0.25, 0.3) is 5.69 Å². The molecular weight excluding hydrogens is 947 g/mol. The molecule has 0 spiro atoms. The topological polar surface area (TPSA) is 171 Å². The summed E-state index contributed by atoms with van der Waals surface area (Å²) in [7, 11) is -4.41. The SMILES string of the molecule is CC(C)C(=O)N1CCCC(CNc2ccc(S(=O)(=O)CC(=O)c3ccc(N4CCN(CC5=C(c6ccc(C(F)(F)F)cc6Cl)CC(C)(C)CC5)CC4)cc3Oc3cnc4[nH]ccc4c3)cc2[N+](=O)[O-])C1. The van der Waals surface area contributed by atoms with Crippen LogP contribution in [-0.4, -0.2) is 103 Å². The second kappa shape index (κ2) is 20.4. The number of hydrogen-bond acceptors (Lipinski definition) is 11. The van der Waals surface area contributed by atoms with Crippen molar-refractivity contribution >= 4 is 66.8 Å². The molecule has 14 nitrogen and oxygen atoms in total. The van der Waals surface area contributed by atoms with Crippen molar-refractivity contribution in [2.24, 2.45) is 17.3 Å². The van der Waals surface area contributed by atoms with Crippen molar-refractivity contribution in [1.82, 2.24) is 19.8 Å². The third-order valence-corrected chi connectivity index (χ3v) is 15.5. The van der Waals surface area contributed by atoms with Gasteiger partial charge in [-0.05, 0) is 103 Å². The number of aromatic amines is 1. The van der Waals surface area contributed by atoms with Crippen molar-refractivity contribution in [3.05, 3.63) is 117 Å². The molecule has 8 rings (SSSR count). The largest absolute Gasteiger partial charge is 0.455 e. The number of allylic oxidation sites excluding steroid dienone is 1. The highest BCUT2D eigenvalue weighted by Crippen LogP contribution is 2.46. The zero-order chi connectivity index (χ0) is 50.1. The van der Waals surface area contributed by atoms with Crippen molar-refractivity contribution in [1.29, 1.82) is 0 Å². The summed E-state index contributed by atoms with van der Waals surface area (Å²) in [5, 5.41) is 16.2. The number of carbonyl (C=O) groups excluding carboxylic acids is 2. The molecule has 2 N–H and O–H groups in total. The number of nitro groups is 1. The van der Waals surface area contributed by atoms with Crippen LogP contribution in [0.3, 0.4) is 0 Å². The molecule has 1 aliphatic carbocycles. The summed E-state index contributed by atoms with van der Waals surface area (Å²) in [6.07, 6.45) is 2.75. The first-order valence-electron chi connectivity index (χ1n) is 23.5. The zero-order valence-corrected chi connectivity index (χ0v) is 41.1. The summed E-state index contributed by atoms with van der Waals surface area (Å²) < 4.78 is 74.7. The lowest BCUT2D eigenvalue weighted by Gasteiger charge is -2.39. The standard InChI is InChI=1S/C51H57ClF3N7O7S/c1-32(2)49(64)61-17-5-6-33(29-61)27-57-44-12-9-39(25-45(44)62(65)66)70(67,68)31-46(63)41-11-8-37(24-47(41)69-38-22-34-14-16-56-48(34)58-28-38)60-20-18-59(19-21-60)30-35-13-15-50(3,4)26-42(35)40-10-7-36(23-43(40)52)51(53,54)55/h7-12,14,16,22-25,28,32-33,57H,5-6,13,15,17-21,26-27,29-31H2,1-4H3,(H,56,58). The lowest BCUT2D eigenvalue weighted by molar-refractivity contribution is -0.384. The molecule has 1 amide bonds. The summed E-state index contributed by atoms with van der Waals surface area (Å²) in [4.78, 5) is 51.7. The van der Waals surface area contributed by atoms with Crippen LogP contribution in [0.5, 0.6) is 11.5 Å². The first-order chi connectivity index (χ1) is 33.1. The number of piperazine rings is 1. The number of carbonyl (C=O) groups is 2. The number of H-pyrrole nitrogens is 1. The Labute approximate surface area is 410 Å². The van der Waals surface area contributed by atoms with E-state index in [1.54, 1.807) is 24.4 Å². The Bertz CT molecular complexity index is 2950. The number of aromatic nitrogens is 2. The number of pyridine rings is 1. The molecule has 2 aromatic heterocycles. The minimum Gasteiger partial charge on any atom is -0.455 e. The van der Waals surface area contributed by atoms with E-state index in [2.05, 4.69) is 38.9 Å². The maximum Gasteiger partial charge on any atom is 0.416 e. The maximum absolute atomic E-state index is 14.1. The van der Waals surface area contributed by atoms with Gasteiger partial charge in [-0.1, -0.05) is 50.9 Å². The van der Waals surface area contributed by atoms with E-state index in [0.717, 1.165) is 66.1 Å². The number of rotatable bonds is 15. The molecule has 19 heteroatoms. The molecule has 1 unspecified atom stereocenters. The number of alkyl halides is 3. The highest BCUT2D eigenvalue weighted by Gasteiger charge is 2.34. The van der Waals surface area contributed by atoms with Gasteiger partial charge in [0.05, 0.1) is 27.1 Å². The van der Waals surface area contributed by atoms with Crippen molar-refractivity contribution in [2.75, 3.05) is 68.3 Å². The van der Waals surface area contributed by atoms with Crippen molar-refractivity contribution in [3.8, 4) is 11.5 Å². The third-order valence-electron chi connectivity index (χ3n) is 13.6. The number of halogens is 4. The predicted octanol–water partition coefficient (Wildman–Crippen LogP) is 10.7. The van der Waals surface area contributed by atoms with E-state index in [0.29, 0.717) is 75.7 Å². The number of benzene rings is 3. The Morgan fingerprint density at radius 3 is 2.51 bits per heavy atom. The van der Waals surface area contributed by atoms with E-state index in [1.165, 1.54) is 30.5 Å². The molecule has 1 atom stereocenters. The van der Waals surface area contributed by atoms with Gasteiger partial charge in [0.1, 0.15) is 28.6 Å². The molecule has 70 heavy (non-hydrogen) atoms. The second-order valence-electron chi connectivity index (χ2n) is 19.7. The van der Waals surface area contributed by atoms with E-state index in [9.17, 15) is 41.3 Å². The van der Waals surface area contributed by atoms with Gasteiger partial charge >= 0.3 is 6.18 Å². The summed E-state index contributed by atoms with van der Waals surface area (Å²) in [6, 6.07) is 15.7. The number of sulfone groups is 1. The van der Waals surface area contributed by atoms with Crippen LogP contribution in [0, 0.1) is 27.4 Å². The van der Waals surface area contributed by atoms with Gasteiger partial charge in [0, 0.05) is 92.7 Å². The number of hydrogen-bond donors (Lipinski definition) is 2. The van der Waals surface area contributed by atoms with Crippen molar-refractivity contribution < 1.29 is 40.8 Å². The van der Waals surface area contributed by atoms with Crippen LogP contribution in [-0.2, 0) is 20.8 Å². The normalized spacial score (nSPS) is 18.1. The molecule has 0 bridgehead atoms. The Morgan fingerprint density at radius 2 is 1.80 bits per heavy atom. The van der Waals surface area contributed by atoms with Gasteiger partial charge in [-0.25, -0.2) is 13.4 Å². The average molecular weight is 1000 g/mol. The van der Waals surface area contributed by atoms with Crippen LogP contribution >= 0.6 is 11.6 Å². The molecule has 4 heterocycles. The summed E-state index contributed by atoms with van der Waals surface area (Å²) in [5.74, 6) is -1.40. The fraction of sp³-hybridized carbons (Fsp3) is 0.431. The van der Waals surface area contributed by atoms with E-state index in [4.69, 9.17) is 16.3 Å². The number of ether oxygens (including phenoxy) is 1. The number of piperidine rings is 1. The lowest BCUT2D eigenvalue weighted by Crippen LogP contribution is -2.47. The number of amides is 1. The molecular formula is C51H57ClF3N7O7S.